The standard InChI is InChI=1S/C28H25Br2N3O6/c29-23-13-18(14-24(30)26(23)38-17-25(34)33-11-9-19(10-12-33)28(36)37)16-31-32-27(35)20-5-4-8-22(15-20)39-21-6-2-1-3-7-21/h1-8,13-16,19H,9-12,17H2,(H,32,35)(H,36,37). The fraction of sp³-hybridized carbons (Fsp3) is 0.214. The van der Waals surface area contributed by atoms with Crippen LogP contribution in [0.3, 0.4) is 0 Å². The SMILES string of the molecule is O=C(NN=Cc1cc(Br)c(OCC(=O)N2CCC(C(=O)O)CC2)c(Br)c1)c1cccc(Oc2ccccc2)c1. The van der Waals surface area contributed by atoms with Gasteiger partial charge in [0.15, 0.2) is 6.61 Å². The van der Waals surface area contributed by atoms with Gasteiger partial charge in [0.2, 0.25) is 0 Å². The van der Waals surface area contributed by atoms with E-state index < -0.39 is 17.8 Å². The van der Waals surface area contributed by atoms with Crippen molar-refractivity contribution in [3.05, 3.63) is 86.8 Å². The summed E-state index contributed by atoms with van der Waals surface area (Å²) in [5.74, 6) is -0.183. The summed E-state index contributed by atoms with van der Waals surface area (Å²) < 4.78 is 12.7. The Morgan fingerprint density at radius 3 is 2.31 bits per heavy atom. The Bertz CT molecular complexity index is 1350. The number of nitrogens with zero attached hydrogens (tertiary/aromatic N) is 2. The van der Waals surface area contributed by atoms with Crippen LogP contribution in [0.1, 0.15) is 28.8 Å². The number of benzene rings is 3. The van der Waals surface area contributed by atoms with Crippen molar-refractivity contribution in [3.8, 4) is 17.2 Å². The molecule has 1 saturated heterocycles. The third-order valence-electron chi connectivity index (χ3n) is 6.01. The first kappa shape index (κ1) is 28.3. The molecule has 0 unspecified atom stereocenters. The third kappa shape index (κ3) is 7.90. The quantitative estimate of drug-likeness (QED) is 0.233. The van der Waals surface area contributed by atoms with Gasteiger partial charge in [-0.3, -0.25) is 14.4 Å². The average Bonchev–Trinajstić information content (AvgIpc) is 2.93. The number of amides is 2. The number of aliphatic carboxylic acids is 1. The number of piperidine rings is 1. The van der Waals surface area contributed by atoms with Gasteiger partial charge in [-0.1, -0.05) is 24.3 Å². The van der Waals surface area contributed by atoms with Crippen LogP contribution in [0.25, 0.3) is 0 Å². The van der Waals surface area contributed by atoms with Crippen LogP contribution >= 0.6 is 31.9 Å². The molecule has 1 fully saturated rings. The molecule has 0 spiro atoms. The monoisotopic (exact) mass is 657 g/mol. The molecular formula is C28H25Br2N3O6. The number of hydrogen-bond donors (Lipinski definition) is 2. The lowest BCUT2D eigenvalue weighted by Crippen LogP contribution is -2.42. The van der Waals surface area contributed by atoms with Crippen LogP contribution in [0.2, 0.25) is 0 Å². The predicted octanol–water partition coefficient (Wildman–Crippen LogP) is 5.47. The molecule has 202 valence electrons. The van der Waals surface area contributed by atoms with Gasteiger partial charge in [-0.25, -0.2) is 5.43 Å². The van der Waals surface area contributed by atoms with Crippen molar-refractivity contribution in [1.29, 1.82) is 0 Å². The fourth-order valence-corrected chi connectivity index (χ4v) is 5.40. The molecule has 0 radical (unpaired) electrons. The molecule has 2 N–H and O–H groups in total. The first-order valence-electron chi connectivity index (χ1n) is 12.1. The molecule has 1 heterocycles. The highest BCUT2D eigenvalue weighted by atomic mass is 79.9. The van der Waals surface area contributed by atoms with Crippen molar-refractivity contribution in [2.45, 2.75) is 12.8 Å². The van der Waals surface area contributed by atoms with Crippen LogP contribution in [0, 0.1) is 5.92 Å². The highest BCUT2D eigenvalue weighted by Gasteiger charge is 2.27. The maximum Gasteiger partial charge on any atom is 0.306 e. The number of carboxylic acid groups (broad SMARTS) is 1. The molecule has 11 heteroatoms. The van der Waals surface area contributed by atoms with Gasteiger partial charge in [-0.05, 0) is 92.7 Å². The van der Waals surface area contributed by atoms with Crippen molar-refractivity contribution in [2.75, 3.05) is 19.7 Å². The number of hydrazone groups is 1. The summed E-state index contributed by atoms with van der Waals surface area (Å²) in [4.78, 5) is 37.8. The van der Waals surface area contributed by atoms with Gasteiger partial charge in [0.05, 0.1) is 21.1 Å². The fourth-order valence-electron chi connectivity index (χ4n) is 3.95. The van der Waals surface area contributed by atoms with Crippen molar-refractivity contribution in [3.63, 3.8) is 0 Å². The zero-order valence-electron chi connectivity index (χ0n) is 20.7. The van der Waals surface area contributed by atoms with Crippen LogP contribution < -0.4 is 14.9 Å². The van der Waals surface area contributed by atoms with E-state index in [4.69, 9.17) is 14.6 Å². The lowest BCUT2D eigenvalue weighted by molar-refractivity contribution is -0.146. The van der Waals surface area contributed by atoms with E-state index in [1.807, 2.05) is 30.3 Å². The first-order valence-corrected chi connectivity index (χ1v) is 13.7. The summed E-state index contributed by atoms with van der Waals surface area (Å²) in [6.45, 7) is 0.616. The van der Waals surface area contributed by atoms with E-state index >= 15 is 0 Å². The van der Waals surface area contributed by atoms with Crippen molar-refractivity contribution in [1.82, 2.24) is 10.3 Å². The summed E-state index contributed by atoms with van der Waals surface area (Å²) in [7, 11) is 0. The number of rotatable bonds is 9. The van der Waals surface area contributed by atoms with Crippen LogP contribution in [-0.2, 0) is 9.59 Å². The Kier molecular flexibility index (Phi) is 9.72. The van der Waals surface area contributed by atoms with Crippen molar-refractivity contribution in [2.24, 2.45) is 11.0 Å². The van der Waals surface area contributed by atoms with Gasteiger partial charge in [0.25, 0.3) is 11.8 Å². The van der Waals surface area contributed by atoms with E-state index in [0.717, 1.165) is 0 Å². The summed E-state index contributed by atoms with van der Waals surface area (Å²) in [5, 5.41) is 13.2. The van der Waals surface area contributed by atoms with Crippen molar-refractivity contribution >= 4 is 55.9 Å². The number of hydrogen-bond acceptors (Lipinski definition) is 6. The van der Waals surface area contributed by atoms with Gasteiger partial charge in [0.1, 0.15) is 17.2 Å². The number of likely N-dealkylation sites (tertiary alicyclic amines) is 1. The second-order valence-electron chi connectivity index (χ2n) is 8.74. The van der Waals surface area contributed by atoms with Crippen LogP contribution in [0.15, 0.2) is 80.8 Å². The molecule has 1 aliphatic rings. The molecule has 0 atom stereocenters. The molecule has 0 bridgehead atoms. The van der Waals surface area contributed by atoms with Gasteiger partial charge in [-0.15, -0.1) is 0 Å². The molecule has 1 aliphatic heterocycles. The molecule has 2 amide bonds. The highest BCUT2D eigenvalue weighted by Crippen LogP contribution is 2.34. The minimum absolute atomic E-state index is 0.175. The van der Waals surface area contributed by atoms with E-state index in [2.05, 4.69) is 42.4 Å². The summed E-state index contributed by atoms with van der Waals surface area (Å²) in [6.07, 6.45) is 2.36. The van der Waals surface area contributed by atoms with Crippen LogP contribution in [-0.4, -0.2) is 53.7 Å². The van der Waals surface area contributed by atoms with E-state index in [0.29, 0.717) is 63.3 Å². The van der Waals surface area contributed by atoms with Crippen molar-refractivity contribution < 1.29 is 29.0 Å². The van der Waals surface area contributed by atoms with E-state index in [-0.39, 0.29) is 12.5 Å². The lowest BCUT2D eigenvalue weighted by atomic mass is 9.97. The minimum atomic E-state index is -0.822. The Balaban J connectivity index is 1.31. The van der Waals surface area contributed by atoms with Gasteiger partial charge in [-0.2, -0.15) is 5.10 Å². The normalized spacial score (nSPS) is 13.7. The molecule has 3 aromatic carbocycles. The van der Waals surface area contributed by atoms with Gasteiger partial charge in [0, 0.05) is 18.7 Å². The Hall–Kier alpha value is -3.70. The molecule has 0 aliphatic carbocycles. The van der Waals surface area contributed by atoms with Gasteiger partial charge >= 0.3 is 5.97 Å². The van der Waals surface area contributed by atoms with E-state index in [1.165, 1.54) is 6.21 Å². The maximum absolute atomic E-state index is 12.6. The number of ether oxygens (including phenoxy) is 2. The number of nitrogens with one attached hydrogen (secondary N) is 1. The van der Waals surface area contributed by atoms with E-state index in [1.54, 1.807) is 41.3 Å². The predicted molar refractivity (Wildman–Crippen MR) is 152 cm³/mol. The molecule has 4 rings (SSSR count). The molecule has 0 saturated carbocycles. The summed E-state index contributed by atoms with van der Waals surface area (Å²) >= 11 is 6.91. The number of halogens is 2. The zero-order valence-corrected chi connectivity index (χ0v) is 23.9. The topological polar surface area (TPSA) is 118 Å². The van der Waals surface area contributed by atoms with E-state index in [9.17, 15) is 14.4 Å². The summed E-state index contributed by atoms with van der Waals surface area (Å²) in [5.41, 5.74) is 3.57. The Labute approximate surface area is 242 Å². The number of para-hydroxylation sites is 1. The minimum Gasteiger partial charge on any atom is -0.481 e. The number of carbonyl (C=O) groups is 3. The molecule has 3 aromatic rings. The largest absolute Gasteiger partial charge is 0.481 e. The number of carboxylic acids is 1. The molecule has 9 nitrogen and oxygen atoms in total. The third-order valence-corrected chi connectivity index (χ3v) is 7.19. The number of carbonyl (C=O) groups excluding carboxylic acids is 2. The lowest BCUT2D eigenvalue weighted by Gasteiger charge is -2.30. The zero-order chi connectivity index (χ0) is 27.8. The maximum atomic E-state index is 12.6. The van der Waals surface area contributed by atoms with Crippen LogP contribution in [0.5, 0.6) is 17.2 Å². The molecule has 39 heavy (non-hydrogen) atoms. The Morgan fingerprint density at radius 2 is 1.64 bits per heavy atom. The smallest absolute Gasteiger partial charge is 0.306 e. The second kappa shape index (κ2) is 13.4. The molecular weight excluding hydrogens is 634 g/mol. The average molecular weight is 659 g/mol. The van der Waals surface area contributed by atoms with Gasteiger partial charge < -0.3 is 19.5 Å². The second-order valence-corrected chi connectivity index (χ2v) is 10.4. The molecule has 0 aromatic heterocycles. The first-order chi connectivity index (χ1) is 18.8. The Morgan fingerprint density at radius 1 is 0.974 bits per heavy atom. The summed E-state index contributed by atoms with van der Waals surface area (Å²) in [6, 6.07) is 19.6. The highest BCUT2D eigenvalue weighted by molar-refractivity contribution is 9.11. The van der Waals surface area contributed by atoms with Crippen LogP contribution in [0.4, 0.5) is 0 Å².